The number of hydrogen-bond acceptors (Lipinski definition) is 4. The summed E-state index contributed by atoms with van der Waals surface area (Å²) in [6, 6.07) is -0.442. The molecule has 0 bridgehead atoms. The lowest BCUT2D eigenvalue weighted by atomic mass is 10.1. The fourth-order valence-corrected chi connectivity index (χ4v) is 1.56. The summed E-state index contributed by atoms with van der Waals surface area (Å²) in [6.07, 6.45) is -2.57. The number of aliphatic hydroxyl groups is 1. The Balaban J connectivity index is 2.68. The van der Waals surface area contributed by atoms with Gasteiger partial charge in [-0.25, -0.2) is 4.39 Å². The molecule has 1 rings (SSSR count). The molecule has 1 saturated heterocycles. The first kappa shape index (κ1) is 10.8. The van der Waals surface area contributed by atoms with E-state index in [1.807, 2.05) is 0 Å². The average molecular weight is 193 g/mol. The highest BCUT2D eigenvalue weighted by molar-refractivity contribution is 4.91. The maximum absolute atomic E-state index is 13.5. The molecule has 1 aliphatic rings. The fourth-order valence-electron chi connectivity index (χ4n) is 1.56. The first-order chi connectivity index (χ1) is 6.11. The van der Waals surface area contributed by atoms with E-state index in [0.29, 0.717) is 0 Å². The summed E-state index contributed by atoms with van der Waals surface area (Å²) >= 11 is 0. The number of nitrogens with zero attached hydrogens (tertiary/aromatic N) is 1. The molecule has 4 atom stereocenters. The van der Waals surface area contributed by atoms with Crippen molar-refractivity contribution in [1.29, 1.82) is 0 Å². The Morgan fingerprint density at radius 2 is 2.15 bits per heavy atom. The summed E-state index contributed by atoms with van der Waals surface area (Å²) in [5.41, 5.74) is 0. The summed E-state index contributed by atoms with van der Waals surface area (Å²) in [7, 11) is 4.98. The van der Waals surface area contributed by atoms with Gasteiger partial charge in [-0.2, -0.15) is 0 Å². The maximum Gasteiger partial charge on any atom is 0.176 e. The van der Waals surface area contributed by atoms with E-state index in [1.54, 1.807) is 19.0 Å². The van der Waals surface area contributed by atoms with Crippen LogP contribution in [0.5, 0.6) is 0 Å². The van der Waals surface area contributed by atoms with Crippen LogP contribution in [0.25, 0.3) is 0 Å². The van der Waals surface area contributed by atoms with Crippen molar-refractivity contribution in [1.82, 2.24) is 4.90 Å². The molecular formula is C8H16FNO3. The quantitative estimate of drug-likeness (QED) is 0.663. The van der Waals surface area contributed by atoms with E-state index in [2.05, 4.69) is 0 Å². The van der Waals surface area contributed by atoms with Gasteiger partial charge in [-0.05, 0) is 14.1 Å². The second-order valence-electron chi connectivity index (χ2n) is 3.36. The maximum atomic E-state index is 13.5. The smallest absolute Gasteiger partial charge is 0.176 e. The average Bonchev–Trinajstić information content (AvgIpc) is 2.41. The van der Waals surface area contributed by atoms with E-state index in [0.717, 1.165) is 0 Å². The van der Waals surface area contributed by atoms with E-state index in [4.69, 9.17) is 14.6 Å². The van der Waals surface area contributed by atoms with Gasteiger partial charge in [-0.3, -0.25) is 4.90 Å². The van der Waals surface area contributed by atoms with Crippen LogP contribution >= 0.6 is 0 Å². The molecule has 0 aromatic heterocycles. The first-order valence-corrected chi connectivity index (χ1v) is 4.21. The Labute approximate surface area is 77.2 Å². The Bertz CT molecular complexity index is 165. The highest BCUT2D eigenvalue weighted by Gasteiger charge is 2.46. The van der Waals surface area contributed by atoms with Gasteiger partial charge in [0.05, 0.1) is 12.6 Å². The van der Waals surface area contributed by atoms with Crippen molar-refractivity contribution in [2.75, 3.05) is 27.8 Å². The van der Waals surface area contributed by atoms with Gasteiger partial charge >= 0.3 is 0 Å². The minimum Gasteiger partial charge on any atom is -0.394 e. The standard InChI is InChI=1S/C8H16FNO3/c1-10(2)7-6(9)5(4-11)13-8(7)12-3/h5-8,11H,4H2,1-3H3/t5-,6+,7-,8-/m1/s1. The predicted molar refractivity (Wildman–Crippen MR) is 45.1 cm³/mol. The van der Waals surface area contributed by atoms with Gasteiger partial charge in [0.15, 0.2) is 6.29 Å². The van der Waals surface area contributed by atoms with Crippen molar-refractivity contribution < 1.29 is 19.0 Å². The van der Waals surface area contributed by atoms with Crippen LogP contribution in [0.1, 0.15) is 0 Å². The topological polar surface area (TPSA) is 41.9 Å². The third-order valence-corrected chi connectivity index (χ3v) is 2.28. The molecule has 78 valence electrons. The molecule has 0 aromatic rings. The molecule has 4 nitrogen and oxygen atoms in total. The number of halogens is 1. The molecule has 0 radical (unpaired) electrons. The van der Waals surface area contributed by atoms with Gasteiger partial charge in [0.2, 0.25) is 0 Å². The molecule has 1 heterocycles. The molecule has 0 saturated carbocycles. The van der Waals surface area contributed by atoms with E-state index in [9.17, 15) is 4.39 Å². The van der Waals surface area contributed by atoms with E-state index in [1.165, 1.54) is 7.11 Å². The van der Waals surface area contributed by atoms with Crippen LogP contribution in [0.4, 0.5) is 4.39 Å². The van der Waals surface area contributed by atoms with Crippen molar-refractivity contribution >= 4 is 0 Å². The van der Waals surface area contributed by atoms with Crippen molar-refractivity contribution in [3.05, 3.63) is 0 Å². The lowest BCUT2D eigenvalue weighted by Crippen LogP contribution is -2.43. The molecular weight excluding hydrogens is 177 g/mol. The predicted octanol–water partition coefficient (Wildman–Crippen LogP) is -0.382. The van der Waals surface area contributed by atoms with E-state index < -0.39 is 24.6 Å². The van der Waals surface area contributed by atoms with E-state index in [-0.39, 0.29) is 6.61 Å². The van der Waals surface area contributed by atoms with Crippen molar-refractivity contribution in [3.8, 4) is 0 Å². The first-order valence-electron chi connectivity index (χ1n) is 4.21. The van der Waals surface area contributed by atoms with Gasteiger partial charge < -0.3 is 14.6 Å². The van der Waals surface area contributed by atoms with Gasteiger partial charge in [0.1, 0.15) is 12.3 Å². The Morgan fingerprint density at radius 3 is 2.46 bits per heavy atom. The minimum atomic E-state index is -1.20. The normalized spacial score (nSPS) is 40.2. The SMILES string of the molecule is CO[C@@H]1O[C@H](CO)[C@H](F)[C@H]1N(C)C. The molecule has 0 aromatic carbocycles. The summed E-state index contributed by atoms with van der Waals surface area (Å²) in [6.45, 7) is -0.314. The highest BCUT2D eigenvalue weighted by Crippen LogP contribution is 2.26. The summed E-state index contributed by atoms with van der Waals surface area (Å²) in [5.74, 6) is 0. The molecule has 13 heavy (non-hydrogen) atoms. The number of hydrogen-bond donors (Lipinski definition) is 1. The van der Waals surface area contributed by atoms with Crippen LogP contribution in [-0.4, -0.2) is 62.4 Å². The third-order valence-electron chi connectivity index (χ3n) is 2.28. The second kappa shape index (κ2) is 4.32. The Kier molecular flexibility index (Phi) is 3.61. The number of likely N-dealkylation sites (N-methyl/N-ethyl adjacent to an activating group) is 1. The molecule has 1 aliphatic heterocycles. The molecule has 0 aliphatic carbocycles. The monoisotopic (exact) mass is 193 g/mol. The highest BCUT2D eigenvalue weighted by atomic mass is 19.1. The summed E-state index contributed by atoms with van der Waals surface area (Å²) in [4.78, 5) is 1.70. The van der Waals surface area contributed by atoms with Gasteiger partial charge in [0.25, 0.3) is 0 Å². The number of aliphatic hydroxyl groups excluding tert-OH is 1. The summed E-state index contributed by atoms with van der Waals surface area (Å²) < 4.78 is 23.7. The van der Waals surface area contributed by atoms with Gasteiger partial charge in [0, 0.05) is 7.11 Å². The number of methoxy groups -OCH3 is 1. The number of alkyl halides is 1. The van der Waals surface area contributed by atoms with Crippen molar-refractivity contribution in [3.63, 3.8) is 0 Å². The van der Waals surface area contributed by atoms with Crippen LogP contribution in [0, 0.1) is 0 Å². The van der Waals surface area contributed by atoms with Gasteiger partial charge in [-0.1, -0.05) is 0 Å². The molecule has 5 heteroatoms. The zero-order valence-corrected chi connectivity index (χ0v) is 8.11. The zero-order valence-electron chi connectivity index (χ0n) is 8.11. The Morgan fingerprint density at radius 1 is 1.54 bits per heavy atom. The molecule has 1 fully saturated rings. The molecule has 0 amide bonds. The van der Waals surface area contributed by atoms with Crippen LogP contribution in [0.3, 0.4) is 0 Å². The number of rotatable bonds is 3. The number of ether oxygens (including phenoxy) is 2. The van der Waals surface area contributed by atoms with Crippen LogP contribution in [0.2, 0.25) is 0 Å². The van der Waals surface area contributed by atoms with Crippen LogP contribution in [-0.2, 0) is 9.47 Å². The lowest BCUT2D eigenvalue weighted by molar-refractivity contribution is -0.140. The molecule has 1 N–H and O–H groups in total. The lowest BCUT2D eigenvalue weighted by Gasteiger charge is -2.24. The van der Waals surface area contributed by atoms with Crippen LogP contribution in [0.15, 0.2) is 0 Å². The van der Waals surface area contributed by atoms with Gasteiger partial charge in [-0.15, -0.1) is 0 Å². The largest absolute Gasteiger partial charge is 0.394 e. The Hall–Kier alpha value is -0.230. The minimum absolute atomic E-state index is 0.314. The summed E-state index contributed by atoms with van der Waals surface area (Å²) in [5, 5.41) is 8.81. The fraction of sp³-hybridized carbons (Fsp3) is 1.00. The molecule has 0 unspecified atom stereocenters. The molecule has 0 spiro atoms. The third kappa shape index (κ3) is 1.99. The van der Waals surface area contributed by atoms with E-state index >= 15 is 0 Å². The van der Waals surface area contributed by atoms with Crippen molar-refractivity contribution in [2.45, 2.75) is 24.6 Å². The van der Waals surface area contributed by atoms with Crippen LogP contribution < -0.4 is 0 Å². The zero-order chi connectivity index (χ0) is 10.0. The van der Waals surface area contributed by atoms with Crippen molar-refractivity contribution in [2.24, 2.45) is 0 Å². The second-order valence-corrected chi connectivity index (χ2v) is 3.36.